The maximum atomic E-state index is 5.25. The molecule has 0 unspecified atom stereocenters. The van der Waals surface area contributed by atoms with E-state index in [1.165, 1.54) is 21.8 Å². The first kappa shape index (κ1) is 14.8. The third-order valence-electron chi connectivity index (χ3n) is 4.39. The minimum atomic E-state index is -0.0387. The molecule has 2 heterocycles. The van der Waals surface area contributed by atoms with E-state index in [9.17, 15) is 0 Å². The Balaban J connectivity index is 1.76. The molecule has 0 saturated heterocycles. The van der Waals surface area contributed by atoms with Crippen LogP contribution in [0.25, 0.3) is 21.8 Å². The summed E-state index contributed by atoms with van der Waals surface area (Å²) in [6.07, 6.45) is 0. The zero-order valence-corrected chi connectivity index (χ0v) is 14.1. The summed E-state index contributed by atoms with van der Waals surface area (Å²) < 4.78 is 7.60. The SMILES string of the molecule is CCn1c2ccccc2c2cc(N[C@@H](C)c3nc(C)no3)ccc21. The van der Waals surface area contributed by atoms with Crippen LogP contribution in [0, 0.1) is 6.92 Å². The minimum Gasteiger partial charge on any atom is -0.374 e. The van der Waals surface area contributed by atoms with Crippen LogP contribution in [0.2, 0.25) is 0 Å². The molecular formula is C19H20N4O. The summed E-state index contributed by atoms with van der Waals surface area (Å²) in [5.74, 6) is 1.25. The maximum absolute atomic E-state index is 5.25. The fourth-order valence-corrected chi connectivity index (χ4v) is 3.28. The van der Waals surface area contributed by atoms with E-state index in [0.29, 0.717) is 11.7 Å². The molecule has 122 valence electrons. The van der Waals surface area contributed by atoms with E-state index in [4.69, 9.17) is 4.52 Å². The highest BCUT2D eigenvalue weighted by atomic mass is 16.5. The third-order valence-corrected chi connectivity index (χ3v) is 4.39. The van der Waals surface area contributed by atoms with Crippen LogP contribution in [0.15, 0.2) is 47.0 Å². The number of nitrogens with one attached hydrogen (secondary N) is 1. The van der Waals surface area contributed by atoms with Gasteiger partial charge >= 0.3 is 0 Å². The fourth-order valence-electron chi connectivity index (χ4n) is 3.28. The second kappa shape index (κ2) is 5.67. The maximum Gasteiger partial charge on any atom is 0.248 e. The van der Waals surface area contributed by atoms with Gasteiger partial charge in [-0.2, -0.15) is 4.98 Å². The van der Waals surface area contributed by atoms with E-state index >= 15 is 0 Å². The van der Waals surface area contributed by atoms with Crippen molar-refractivity contribution in [1.82, 2.24) is 14.7 Å². The van der Waals surface area contributed by atoms with Crippen molar-refractivity contribution in [2.24, 2.45) is 0 Å². The molecule has 0 saturated carbocycles. The standard InChI is InChI=1S/C19H20N4O/c1-4-23-17-8-6-5-7-15(17)16-11-14(9-10-18(16)23)20-12(2)19-21-13(3)22-24-19/h5-12,20H,4H2,1-3H3/t12-/m0/s1. The Morgan fingerprint density at radius 1 is 1.12 bits per heavy atom. The van der Waals surface area contributed by atoms with Gasteiger partial charge in [0.05, 0.1) is 0 Å². The second-order valence-electron chi connectivity index (χ2n) is 6.04. The predicted octanol–water partition coefficient (Wildman–Crippen LogP) is 4.68. The number of hydrogen-bond donors (Lipinski definition) is 1. The number of aromatic nitrogens is 3. The van der Waals surface area contributed by atoms with Crippen molar-refractivity contribution in [3.05, 3.63) is 54.2 Å². The lowest BCUT2D eigenvalue weighted by Crippen LogP contribution is -2.07. The largest absolute Gasteiger partial charge is 0.374 e. The van der Waals surface area contributed by atoms with E-state index in [2.05, 4.69) is 69.4 Å². The van der Waals surface area contributed by atoms with Gasteiger partial charge in [-0.3, -0.25) is 0 Å². The fraction of sp³-hybridized carbons (Fsp3) is 0.263. The molecule has 5 heteroatoms. The van der Waals surface area contributed by atoms with Gasteiger partial charge < -0.3 is 14.4 Å². The van der Waals surface area contributed by atoms with Crippen molar-refractivity contribution in [2.75, 3.05) is 5.32 Å². The second-order valence-corrected chi connectivity index (χ2v) is 6.04. The van der Waals surface area contributed by atoms with Crippen LogP contribution >= 0.6 is 0 Å². The molecule has 24 heavy (non-hydrogen) atoms. The number of nitrogens with zero attached hydrogens (tertiary/aromatic N) is 3. The lowest BCUT2D eigenvalue weighted by molar-refractivity contribution is 0.364. The highest BCUT2D eigenvalue weighted by molar-refractivity contribution is 6.09. The monoisotopic (exact) mass is 320 g/mol. The van der Waals surface area contributed by atoms with Crippen LogP contribution in [0.3, 0.4) is 0 Å². The molecule has 0 aliphatic carbocycles. The van der Waals surface area contributed by atoms with E-state index in [0.717, 1.165) is 12.2 Å². The van der Waals surface area contributed by atoms with Crippen molar-refractivity contribution in [3.8, 4) is 0 Å². The molecule has 5 nitrogen and oxygen atoms in total. The normalized spacial score (nSPS) is 12.8. The van der Waals surface area contributed by atoms with Gasteiger partial charge in [0.15, 0.2) is 5.82 Å². The molecule has 4 rings (SSSR count). The van der Waals surface area contributed by atoms with Gasteiger partial charge in [0.2, 0.25) is 5.89 Å². The van der Waals surface area contributed by atoms with E-state index in [1.807, 2.05) is 13.8 Å². The number of benzene rings is 2. The summed E-state index contributed by atoms with van der Waals surface area (Å²) in [6.45, 7) is 6.98. The summed E-state index contributed by atoms with van der Waals surface area (Å²) in [5.41, 5.74) is 3.57. The first-order valence-electron chi connectivity index (χ1n) is 8.25. The van der Waals surface area contributed by atoms with Gasteiger partial charge in [0.1, 0.15) is 6.04 Å². The van der Waals surface area contributed by atoms with Crippen LogP contribution in [0.1, 0.15) is 31.6 Å². The van der Waals surface area contributed by atoms with Gasteiger partial charge in [-0.25, -0.2) is 0 Å². The lowest BCUT2D eigenvalue weighted by atomic mass is 10.1. The van der Waals surface area contributed by atoms with Gasteiger partial charge in [-0.1, -0.05) is 23.4 Å². The first-order chi connectivity index (χ1) is 11.7. The number of aryl methyl sites for hydroxylation is 2. The van der Waals surface area contributed by atoms with E-state index in [1.54, 1.807) is 0 Å². The van der Waals surface area contributed by atoms with Crippen LogP contribution in [-0.2, 0) is 6.54 Å². The van der Waals surface area contributed by atoms with E-state index < -0.39 is 0 Å². The number of para-hydroxylation sites is 1. The lowest BCUT2D eigenvalue weighted by Gasteiger charge is -2.11. The molecule has 0 amide bonds. The van der Waals surface area contributed by atoms with Gasteiger partial charge in [0.25, 0.3) is 0 Å². The molecule has 0 spiro atoms. The summed E-state index contributed by atoms with van der Waals surface area (Å²) in [4.78, 5) is 4.29. The summed E-state index contributed by atoms with van der Waals surface area (Å²) in [6, 6.07) is 15.0. The Morgan fingerprint density at radius 2 is 1.92 bits per heavy atom. The highest BCUT2D eigenvalue weighted by Crippen LogP contribution is 2.31. The quantitative estimate of drug-likeness (QED) is 0.593. The van der Waals surface area contributed by atoms with E-state index in [-0.39, 0.29) is 6.04 Å². The van der Waals surface area contributed by atoms with Gasteiger partial charge in [-0.05, 0) is 45.0 Å². The third kappa shape index (κ3) is 2.33. The number of fused-ring (bicyclic) bond motifs is 3. The molecule has 0 aliphatic heterocycles. The Hall–Kier alpha value is -2.82. The average molecular weight is 320 g/mol. The highest BCUT2D eigenvalue weighted by Gasteiger charge is 2.14. The van der Waals surface area contributed by atoms with Gasteiger partial charge in [-0.15, -0.1) is 0 Å². The minimum absolute atomic E-state index is 0.0387. The zero-order valence-electron chi connectivity index (χ0n) is 14.1. The Kier molecular flexibility index (Phi) is 3.49. The molecule has 1 atom stereocenters. The van der Waals surface area contributed by atoms with Crippen LogP contribution in [-0.4, -0.2) is 14.7 Å². The van der Waals surface area contributed by atoms with Crippen LogP contribution in [0.4, 0.5) is 5.69 Å². The predicted molar refractivity (Wildman–Crippen MR) is 96.2 cm³/mol. The molecule has 1 N–H and O–H groups in total. The topological polar surface area (TPSA) is 55.9 Å². The molecule has 0 radical (unpaired) electrons. The van der Waals surface area contributed by atoms with Gasteiger partial charge in [0, 0.05) is 34.0 Å². The van der Waals surface area contributed by atoms with Crippen molar-refractivity contribution < 1.29 is 4.52 Å². The molecule has 2 aromatic carbocycles. The Morgan fingerprint density at radius 3 is 2.67 bits per heavy atom. The molecule has 2 aromatic heterocycles. The molecule has 0 bridgehead atoms. The summed E-state index contributed by atoms with van der Waals surface area (Å²) >= 11 is 0. The number of anilines is 1. The molecule has 0 fully saturated rings. The molecule has 0 aliphatic rings. The zero-order chi connectivity index (χ0) is 16.7. The van der Waals surface area contributed by atoms with Crippen molar-refractivity contribution in [3.63, 3.8) is 0 Å². The van der Waals surface area contributed by atoms with Crippen LogP contribution in [0.5, 0.6) is 0 Å². The van der Waals surface area contributed by atoms with Crippen molar-refractivity contribution in [2.45, 2.75) is 33.4 Å². The molecular weight excluding hydrogens is 300 g/mol. The smallest absolute Gasteiger partial charge is 0.248 e. The first-order valence-corrected chi connectivity index (χ1v) is 8.25. The van der Waals surface area contributed by atoms with Crippen molar-refractivity contribution >= 4 is 27.5 Å². The average Bonchev–Trinajstić information content (AvgIpc) is 3.16. The summed E-state index contributed by atoms with van der Waals surface area (Å²) in [5, 5.41) is 9.84. The van der Waals surface area contributed by atoms with Crippen molar-refractivity contribution in [1.29, 1.82) is 0 Å². The number of rotatable bonds is 4. The summed E-state index contributed by atoms with van der Waals surface area (Å²) in [7, 11) is 0. The molecule has 4 aromatic rings. The van der Waals surface area contributed by atoms with Crippen LogP contribution < -0.4 is 5.32 Å². The number of hydrogen-bond acceptors (Lipinski definition) is 4. The Labute approximate surface area is 140 Å². The Bertz CT molecular complexity index is 1010.